The lowest BCUT2D eigenvalue weighted by molar-refractivity contribution is 0.0730. The van der Waals surface area contributed by atoms with Crippen LogP contribution in [0.2, 0.25) is 5.02 Å². The molecule has 9 nitrogen and oxygen atoms in total. The van der Waals surface area contributed by atoms with Gasteiger partial charge in [-0.15, -0.1) is 0 Å². The first-order valence-corrected chi connectivity index (χ1v) is 14.2. The molecule has 0 saturated carbocycles. The van der Waals surface area contributed by atoms with E-state index in [0.717, 1.165) is 5.56 Å². The Morgan fingerprint density at radius 2 is 1.50 bits per heavy atom. The number of carbonyl (C=O) groups is 1. The average molecular weight is 550 g/mol. The molecule has 0 unspecified atom stereocenters. The maximum absolute atomic E-state index is 13.0. The van der Waals surface area contributed by atoms with Crippen LogP contribution < -0.4 is 10.0 Å². The molecule has 0 atom stereocenters. The summed E-state index contributed by atoms with van der Waals surface area (Å²) in [6.45, 7) is 3.07. The second-order valence-electron chi connectivity index (χ2n) is 8.10. The minimum absolute atomic E-state index is 0.00296. The molecule has 1 aliphatic rings. The van der Waals surface area contributed by atoms with Crippen LogP contribution in [-0.2, 0) is 24.8 Å². The fraction of sp³-hybridized carbons (Fsp3) is 0.208. The van der Waals surface area contributed by atoms with Crippen LogP contribution in [0.25, 0.3) is 0 Å². The Morgan fingerprint density at radius 1 is 0.889 bits per heavy atom. The van der Waals surface area contributed by atoms with Crippen LogP contribution >= 0.6 is 11.6 Å². The van der Waals surface area contributed by atoms with E-state index >= 15 is 0 Å². The molecule has 0 aromatic heterocycles. The van der Waals surface area contributed by atoms with Gasteiger partial charge in [-0.2, -0.15) is 4.31 Å². The highest BCUT2D eigenvalue weighted by atomic mass is 35.5. The number of hydrogen-bond acceptors (Lipinski definition) is 6. The van der Waals surface area contributed by atoms with Gasteiger partial charge in [0.1, 0.15) is 0 Å². The summed E-state index contributed by atoms with van der Waals surface area (Å²) in [4.78, 5) is 13.2. The maximum atomic E-state index is 13.0. The van der Waals surface area contributed by atoms with Gasteiger partial charge in [0.15, 0.2) is 0 Å². The lowest BCUT2D eigenvalue weighted by Gasteiger charge is -2.26. The molecule has 0 radical (unpaired) electrons. The van der Waals surface area contributed by atoms with Crippen molar-refractivity contribution in [2.24, 2.45) is 0 Å². The Morgan fingerprint density at radius 3 is 2.14 bits per heavy atom. The molecule has 1 fully saturated rings. The zero-order valence-corrected chi connectivity index (χ0v) is 21.7. The SMILES string of the molecule is Cc1ccc(S(=O)(=O)Nc2ccc(Cl)cc2C(=O)Nc2ccc(S(=O)(=O)N3CCOCC3)cc2)cc1. The molecular weight excluding hydrogens is 526 g/mol. The molecule has 2 N–H and O–H groups in total. The summed E-state index contributed by atoms with van der Waals surface area (Å²) in [7, 11) is -7.63. The van der Waals surface area contributed by atoms with Crippen LogP contribution in [-0.4, -0.2) is 53.4 Å². The average Bonchev–Trinajstić information content (AvgIpc) is 2.86. The predicted octanol–water partition coefficient (Wildman–Crippen LogP) is 3.72. The fourth-order valence-corrected chi connectivity index (χ4v) is 6.22. The largest absolute Gasteiger partial charge is 0.379 e. The summed E-state index contributed by atoms with van der Waals surface area (Å²) in [6.07, 6.45) is 0. The normalized spacial score (nSPS) is 14.8. The maximum Gasteiger partial charge on any atom is 0.261 e. The fourth-order valence-electron chi connectivity index (χ4n) is 3.56. The van der Waals surface area contributed by atoms with Crippen molar-refractivity contribution in [1.82, 2.24) is 4.31 Å². The molecule has 12 heteroatoms. The lowest BCUT2D eigenvalue weighted by atomic mass is 10.1. The highest BCUT2D eigenvalue weighted by Gasteiger charge is 2.26. The molecule has 0 aliphatic carbocycles. The van der Waals surface area contributed by atoms with Gasteiger partial charge in [-0.05, 0) is 61.5 Å². The van der Waals surface area contributed by atoms with Crippen LogP contribution in [0.4, 0.5) is 11.4 Å². The van der Waals surface area contributed by atoms with Crippen LogP contribution in [0.5, 0.6) is 0 Å². The van der Waals surface area contributed by atoms with E-state index in [1.807, 2.05) is 6.92 Å². The number of ether oxygens (including phenoxy) is 1. The molecule has 36 heavy (non-hydrogen) atoms. The van der Waals surface area contributed by atoms with Gasteiger partial charge in [-0.3, -0.25) is 9.52 Å². The van der Waals surface area contributed by atoms with Gasteiger partial charge >= 0.3 is 0 Å². The molecule has 3 aromatic carbocycles. The third-order valence-electron chi connectivity index (χ3n) is 5.52. The third kappa shape index (κ3) is 5.88. The van der Waals surface area contributed by atoms with Gasteiger partial charge in [-0.25, -0.2) is 16.8 Å². The van der Waals surface area contributed by atoms with Gasteiger partial charge < -0.3 is 10.1 Å². The van der Waals surface area contributed by atoms with E-state index in [1.54, 1.807) is 12.1 Å². The van der Waals surface area contributed by atoms with Crippen LogP contribution in [0.3, 0.4) is 0 Å². The van der Waals surface area contributed by atoms with Gasteiger partial charge in [0.25, 0.3) is 15.9 Å². The summed E-state index contributed by atoms with van der Waals surface area (Å²) in [6, 6.07) is 16.2. The first kappa shape index (κ1) is 26.1. The van der Waals surface area contributed by atoms with Crippen molar-refractivity contribution in [3.63, 3.8) is 0 Å². The Kier molecular flexibility index (Phi) is 7.67. The van der Waals surface area contributed by atoms with E-state index in [4.69, 9.17) is 16.3 Å². The van der Waals surface area contributed by atoms with Crippen molar-refractivity contribution in [2.45, 2.75) is 16.7 Å². The van der Waals surface area contributed by atoms with Gasteiger partial charge in [0.2, 0.25) is 10.0 Å². The monoisotopic (exact) mass is 549 g/mol. The number of rotatable bonds is 7. The Hall–Kier alpha value is -2.96. The Balaban J connectivity index is 1.54. The second-order valence-corrected chi connectivity index (χ2v) is 12.2. The highest BCUT2D eigenvalue weighted by molar-refractivity contribution is 7.92. The first-order valence-electron chi connectivity index (χ1n) is 10.9. The molecule has 1 aliphatic heterocycles. The molecule has 3 aromatic rings. The minimum atomic E-state index is -3.96. The standard InChI is InChI=1S/C24H24ClN3O6S2/c1-17-2-7-20(8-3-17)35(30,31)27-23-11-4-18(25)16-22(23)24(29)26-19-5-9-21(10-6-19)36(32,33)28-12-14-34-15-13-28/h2-11,16,27H,12-15H2,1H3,(H,26,29). The van der Waals surface area contributed by atoms with Crippen molar-refractivity contribution in [3.8, 4) is 0 Å². The topological polar surface area (TPSA) is 122 Å². The molecule has 4 rings (SSSR count). The van der Waals surface area contributed by atoms with E-state index in [1.165, 1.54) is 58.9 Å². The summed E-state index contributed by atoms with van der Waals surface area (Å²) < 4.78 is 60.3. The molecule has 1 amide bonds. The van der Waals surface area contributed by atoms with E-state index in [2.05, 4.69) is 10.0 Å². The minimum Gasteiger partial charge on any atom is -0.379 e. The van der Waals surface area contributed by atoms with Crippen molar-refractivity contribution in [1.29, 1.82) is 0 Å². The number of hydrogen-bond donors (Lipinski definition) is 2. The first-order chi connectivity index (χ1) is 17.1. The van der Waals surface area contributed by atoms with Crippen molar-refractivity contribution < 1.29 is 26.4 Å². The van der Waals surface area contributed by atoms with Gasteiger partial charge in [0, 0.05) is 23.8 Å². The number of benzene rings is 3. The number of amides is 1. The highest BCUT2D eigenvalue weighted by Crippen LogP contribution is 2.26. The molecule has 1 saturated heterocycles. The molecule has 190 valence electrons. The van der Waals surface area contributed by atoms with Gasteiger partial charge in [-0.1, -0.05) is 29.3 Å². The van der Waals surface area contributed by atoms with E-state index in [9.17, 15) is 21.6 Å². The number of nitrogens with zero attached hydrogens (tertiary/aromatic N) is 1. The quantitative estimate of drug-likeness (QED) is 0.463. The summed E-state index contributed by atoms with van der Waals surface area (Å²) in [5, 5.41) is 2.90. The third-order valence-corrected chi connectivity index (χ3v) is 9.05. The van der Waals surface area contributed by atoms with Crippen molar-refractivity contribution in [3.05, 3.63) is 82.9 Å². The van der Waals surface area contributed by atoms with Crippen LogP contribution in [0.1, 0.15) is 15.9 Å². The van der Waals surface area contributed by atoms with E-state index < -0.39 is 26.0 Å². The van der Waals surface area contributed by atoms with Gasteiger partial charge in [0.05, 0.1) is 34.3 Å². The molecule has 0 spiro atoms. The number of carbonyl (C=O) groups excluding carboxylic acids is 1. The second kappa shape index (κ2) is 10.6. The predicted molar refractivity (Wildman–Crippen MR) is 137 cm³/mol. The molecular formula is C24H24ClN3O6S2. The number of morpholine rings is 1. The smallest absolute Gasteiger partial charge is 0.261 e. The zero-order valence-electron chi connectivity index (χ0n) is 19.3. The number of sulfonamides is 2. The van der Waals surface area contributed by atoms with Crippen molar-refractivity contribution in [2.75, 3.05) is 36.3 Å². The van der Waals surface area contributed by atoms with E-state index in [0.29, 0.717) is 18.9 Å². The number of nitrogens with one attached hydrogen (secondary N) is 2. The summed E-state index contributed by atoms with van der Waals surface area (Å²) in [5.41, 5.74) is 1.28. The number of anilines is 2. The zero-order chi connectivity index (χ0) is 25.9. The summed E-state index contributed by atoms with van der Waals surface area (Å²) >= 11 is 6.08. The van der Waals surface area contributed by atoms with Crippen molar-refractivity contribution >= 4 is 48.9 Å². The van der Waals surface area contributed by atoms with Crippen LogP contribution in [0.15, 0.2) is 76.5 Å². The Bertz CT molecular complexity index is 1470. The lowest BCUT2D eigenvalue weighted by Crippen LogP contribution is -2.40. The van der Waals surface area contributed by atoms with Crippen LogP contribution in [0, 0.1) is 6.92 Å². The number of aryl methyl sites for hydroxylation is 1. The molecule has 0 bridgehead atoms. The Labute approximate surface area is 215 Å². The number of halogens is 1. The van der Waals surface area contributed by atoms with E-state index in [-0.39, 0.29) is 39.2 Å². The molecule has 1 heterocycles. The summed E-state index contributed by atoms with van der Waals surface area (Å²) in [5.74, 6) is -0.622.